The fraction of sp³-hybridized carbons (Fsp3) is 0.381. The zero-order valence-electron chi connectivity index (χ0n) is 16.3. The van der Waals surface area contributed by atoms with Gasteiger partial charge in [0, 0.05) is 29.2 Å². The first-order valence-corrected chi connectivity index (χ1v) is 11.6. The lowest BCUT2D eigenvalue weighted by molar-refractivity contribution is -0.120. The molecule has 1 saturated heterocycles. The van der Waals surface area contributed by atoms with Crippen LogP contribution in [0.5, 0.6) is 0 Å². The Bertz CT molecular complexity index is 997. The Morgan fingerprint density at radius 3 is 2.29 bits per heavy atom. The SMILES string of the molecule is Cc1ccc(S(=O)(=O)N2CCC(C(=O)Nc3cc(Br)ccc3C)CC2)cc1C. The normalized spacial score (nSPS) is 16.1. The third-order valence-electron chi connectivity index (χ3n) is 5.40. The van der Waals surface area contributed by atoms with Crippen molar-refractivity contribution in [3.63, 3.8) is 0 Å². The van der Waals surface area contributed by atoms with E-state index in [1.54, 1.807) is 12.1 Å². The molecule has 1 aliphatic rings. The van der Waals surface area contributed by atoms with E-state index in [2.05, 4.69) is 21.2 Å². The largest absolute Gasteiger partial charge is 0.326 e. The molecular formula is C21H25BrN2O3S. The van der Waals surface area contributed by atoms with E-state index in [9.17, 15) is 13.2 Å². The summed E-state index contributed by atoms with van der Waals surface area (Å²) >= 11 is 3.42. The molecule has 1 fully saturated rings. The third-order valence-corrected chi connectivity index (χ3v) is 7.79. The van der Waals surface area contributed by atoms with E-state index in [-0.39, 0.29) is 11.8 Å². The Balaban J connectivity index is 1.65. The molecule has 0 aromatic heterocycles. The molecule has 1 amide bonds. The standard InChI is InChI=1S/C21H25BrN2O3S/c1-14-5-7-19(12-16(14)3)28(26,27)24-10-8-17(9-11-24)21(25)23-20-13-18(22)6-4-15(20)2/h4-7,12-13,17H,8-11H2,1-3H3,(H,23,25). The van der Waals surface area contributed by atoms with E-state index in [1.165, 1.54) is 4.31 Å². The molecule has 2 aromatic rings. The summed E-state index contributed by atoms with van der Waals surface area (Å²) in [5.74, 6) is -0.242. The van der Waals surface area contributed by atoms with Crippen molar-refractivity contribution >= 4 is 37.5 Å². The fourth-order valence-electron chi connectivity index (χ4n) is 3.35. The van der Waals surface area contributed by atoms with Crippen molar-refractivity contribution in [2.24, 2.45) is 5.92 Å². The fourth-order valence-corrected chi connectivity index (χ4v) is 5.26. The van der Waals surface area contributed by atoms with Crippen LogP contribution in [-0.2, 0) is 14.8 Å². The molecule has 5 nitrogen and oxygen atoms in total. The second-order valence-electron chi connectivity index (χ2n) is 7.37. The third kappa shape index (κ3) is 4.47. The lowest BCUT2D eigenvalue weighted by atomic mass is 9.97. The van der Waals surface area contributed by atoms with Crippen LogP contribution in [0.25, 0.3) is 0 Å². The number of carbonyl (C=O) groups excluding carboxylic acids is 1. The van der Waals surface area contributed by atoms with E-state index >= 15 is 0 Å². The molecule has 1 N–H and O–H groups in total. The first kappa shape index (κ1) is 21.0. The molecule has 1 heterocycles. The quantitative estimate of drug-likeness (QED) is 0.728. The van der Waals surface area contributed by atoms with E-state index in [1.807, 2.05) is 45.0 Å². The number of benzene rings is 2. The summed E-state index contributed by atoms with van der Waals surface area (Å²) in [5, 5.41) is 2.98. The predicted molar refractivity (Wildman–Crippen MR) is 115 cm³/mol. The Labute approximate surface area is 175 Å². The highest BCUT2D eigenvalue weighted by Crippen LogP contribution is 2.27. The highest BCUT2D eigenvalue weighted by Gasteiger charge is 2.32. The predicted octanol–water partition coefficient (Wildman–Crippen LogP) is 4.41. The highest BCUT2D eigenvalue weighted by atomic mass is 79.9. The van der Waals surface area contributed by atoms with Crippen LogP contribution in [-0.4, -0.2) is 31.7 Å². The summed E-state index contributed by atoms with van der Waals surface area (Å²) in [6.45, 7) is 6.52. The molecule has 150 valence electrons. The second-order valence-corrected chi connectivity index (χ2v) is 10.2. The van der Waals surface area contributed by atoms with Crippen LogP contribution >= 0.6 is 15.9 Å². The Hall–Kier alpha value is -1.70. The van der Waals surface area contributed by atoms with Gasteiger partial charge in [-0.2, -0.15) is 4.31 Å². The Morgan fingerprint density at radius 1 is 1.00 bits per heavy atom. The van der Waals surface area contributed by atoms with E-state index in [0.717, 1.165) is 26.9 Å². The number of piperidine rings is 1. The monoisotopic (exact) mass is 464 g/mol. The van der Waals surface area contributed by atoms with Gasteiger partial charge in [0.25, 0.3) is 0 Å². The first-order chi connectivity index (χ1) is 13.2. The Kier molecular flexibility index (Phi) is 6.27. The van der Waals surface area contributed by atoms with Gasteiger partial charge in [0.2, 0.25) is 15.9 Å². The molecule has 0 radical (unpaired) electrons. The van der Waals surface area contributed by atoms with Crippen molar-refractivity contribution in [2.75, 3.05) is 18.4 Å². The van der Waals surface area contributed by atoms with E-state index in [4.69, 9.17) is 0 Å². The number of rotatable bonds is 4. The van der Waals surface area contributed by atoms with E-state index in [0.29, 0.717) is 30.8 Å². The summed E-state index contributed by atoms with van der Waals surface area (Å²) in [6, 6.07) is 11.0. The number of carbonyl (C=O) groups is 1. The molecule has 0 atom stereocenters. The minimum atomic E-state index is -3.53. The molecule has 28 heavy (non-hydrogen) atoms. The average molecular weight is 465 g/mol. The number of halogens is 1. The minimum Gasteiger partial charge on any atom is -0.326 e. The maximum absolute atomic E-state index is 12.9. The number of hydrogen-bond acceptors (Lipinski definition) is 3. The van der Waals surface area contributed by atoms with Gasteiger partial charge in [-0.15, -0.1) is 0 Å². The van der Waals surface area contributed by atoms with Gasteiger partial charge in [-0.25, -0.2) is 8.42 Å². The number of aryl methyl sites for hydroxylation is 3. The lowest BCUT2D eigenvalue weighted by Crippen LogP contribution is -2.41. The first-order valence-electron chi connectivity index (χ1n) is 9.33. The zero-order valence-corrected chi connectivity index (χ0v) is 18.7. The van der Waals surface area contributed by atoms with Crippen molar-refractivity contribution in [2.45, 2.75) is 38.5 Å². The number of amides is 1. The van der Waals surface area contributed by atoms with Crippen LogP contribution in [0.1, 0.15) is 29.5 Å². The molecule has 0 saturated carbocycles. The van der Waals surface area contributed by atoms with Crippen molar-refractivity contribution in [1.82, 2.24) is 4.31 Å². The second kappa shape index (κ2) is 8.35. The maximum atomic E-state index is 12.9. The van der Waals surface area contributed by atoms with Crippen LogP contribution in [0.15, 0.2) is 45.8 Å². The summed E-state index contributed by atoms with van der Waals surface area (Å²) in [4.78, 5) is 13.0. The summed E-state index contributed by atoms with van der Waals surface area (Å²) in [5.41, 5.74) is 3.80. The molecule has 0 bridgehead atoms. The topological polar surface area (TPSA) is 66.5 Å². The number of hydrogen-bond donors (Lipinski definition) is 1. The van der Waals surface area contributed by atoms with Crippen LogP contribution in [0.3, 0.4) is 0 Å². The van der Waals surface area contributed by atoms with Crippen LogP contribution in [0, 0.1) is 26.7 Å². The van der Waals surface area contributed by atoms with Gasteiger partial charge in [0.05, 0.1) is 4.90 Å². The zero-order chi connectivity index (χ0) is 20.5. The van der Waals surface area contributed by atoms with Gasteiger partial charge in [-0.05, 0) is 74.6 Å². The van der Waals surface area contributed by atoms with Gasteiger partial charge in [0.1, 0.15) is 0 Å². The molecule has 1 aliphatic heterocycles. The average Bonchev–Trinajstić information content (AvgIpc) is 2.67. The van der Waals surface area contributed by atoms with Gasteiger partial charge in [-0.3, -0.25) is 4.79 Å². The molecule has 0 spiro atoms. The summed E-state index contributed by atoms with van der Waals surface area (Å²) in [6.07, 6.45) is 1.03. The van der Waals surface area contributed by atoms with Crippen molar-refractivity contribution < 1.29 is 13.2 Å². The lowest BCUT2D eigenvalue weighted by Gasteiger charge is -2.30. The van der Waals surface area contributed by atoms with Crippen LogP contribution in [0.4, 0.5) is 5.69 Å². The summed E-state index contributed by atoms with van der Waals surface area (Å²) in [7, 11) is -3.53. The van der Waals surface area contributed by atoms with Gasteiger partial charge >= 0.3 is 0 Å². The minimum absolute atomic E-state index is 0.0515. The summed E-state index contributed by atoms with van der Waals surface area (Å²) < 4.78 is 28.2. The molecule has 0 aliphatic carbocycles. The van der Waals surface area contributed by atoms with Crippen molar-refractivity contribution in [1.29, 1.82) is 0 Å². The Morgan fingerprint density at radius 2 is 1.64 bits per heavy atom. The van der Waals surface area contributed by atoms with Gasteiger partial charge in [-0.1, -0.05) is 28.1 Å². The smallest absolute Gasteiger partial charge is 0.243 e. The molecular weight excluding hydrogens is 440 g/mol. The molecule has 2 aromatic carbocycles. The maximum Gasteiger partial charge on any atom is 0.243 e. The molecule has 0 unspecified atom stereocenters. The van der Waals surface area contributed by atoms with Gasteiger partial charge < -0.3 is 5.32 Å². The van der Waals surface area contributed by atoms with Gasteiger partial charge in [0.15, 0.2) is 0 Å². The number of nitrogens with zero attached hydrogens (tertiary/aromatic N) is 1. The van der Waals surface area contributed by atoms with E-state index < -0.39 is 10.0 Å². The van der Waals surface area contributed by atoms with Crippen molar-refractivity contribution in [3.05, 3.63) is 57.6 Å². The van der Waals surface area contributed by atoms with Crippen molar-refractivity contribution in [3.8, 4) is 0 Å². The van der Waals surface area contributed by atoms with Crippen LogP contribution in [0.2, 0.25) is 0 Å². The molecule has 3 rings (SSSR count). The molecule has 7 heteroatoms. The number of sulfonamides is 1. The highest BCUT2D eigenvalue weighted by molar-refractivity contribution is 9.10. The number of nitrogens with one attached hydrogen (secondary N) is 1. The van der Waals surface area contributed by atoms with Crippen LogP contribution < -0.4 is 5.32 Å². The number of anilines is 1.